The normalized spacial score (nSPS) is 11.8. The van der Waals surface area contributed by atoms with Gasteiger partial charge >= 0.3 is 0 Å². The zero-order chi connectivity index (χ0) is 29.3. The molecule has 1 N–H and O–H groups in total. The Labute approximate surface area is 233 Å². The molecule has 0 saturated carbocycles. The number of non-ortho nitro benzene ring substituents is 1. The largest absolute Gasteiger partial charge is 0.497 e. The number of anilines is 1. The molecule has 212 valence electrons. The highest BCUT2D eigenvalue weighted by molar-refractivity contribution is 7.92. The van der Waals surface area contributed by atoms with E-state index in [0.717, 1.165) is 10.4 Å². The predicted octanol–water partition coefficient (Wildman–Crippen LogP) is 3.74. The molecule has 40 heavy (non-hydrogen) atoms. The van der Waals surface area contributed by atoms with E-state index in [1.54, 1.807) is 37.3 Å². The van der Waals surface area contributed by atoms with Crippen LogP contribution in [0.4, 0.5) is 11.4 Å². The van der Waals surface area contributed by atoms with Crippen molar-refractivity contribution >= 4 is 33.2 Å². The second-order valence-electron chi connectivity index (χ2n) is 8.94. The summed E-state index contributed by atoms with van der Waals surface area (Å²) in [5.41, 5.74) is 0.302. The van der Waals surface area contributed by atoms with Gasteiger partial charge in [0.25, 0.3) is 15.7 Å². The fraction of sp³-hybridized carbons (Fsp3) is 0.286. The van der Waals surface area contributed by atoms with Gasteiger partial charge in [0.05, 0.1) is 22.6 Å². The second kappa shape index (κ2) is 13.6. The van der Waals surface area contributed by atoms with Crippen LogP contribution in [0.2, 0.25) is 0 Å². The van der Waals surface area contributed by atoms with Gasteiger partial charge in [-0.3, -0.25) is 24.0 Å². The molecule has 2 amide bonds. The number of methoxy groups -OCH3 is 1. The summed E-state index contributed by atoms with van der Waals surface area (Å²) < 4.78 is 33.5. The van der Waals surface area contributed by atoms with E-state index in [9.17, 15) is 28.1 Å². The Bertz CT molecular complexity index is 1430. The second-order valence-corrected chi connectivity index (χ2v) is 10.8. The molecule has 0 saturated heterocycles. The quantitative estimate of drug-likeness (QED) is 0.245. The number of rotatable bonds is 13. The monoisotopic (exact) mass is 568 g/mol. The van der Waals surface area contributed by atoms with Crippen LogP contribution in [0, 0.1) is 10.1 Å². The topological polar surface area (TPSA) is 139 Å². The Balaban J connectivity index is 2.04. The molecule has 0 fully saturated rings. The van der Waals surface area contributed by atoms with E-state index in [1.165, 1.54) is 54.5 Å². The molecule has 3 rings (SSSR count). The maximum Gasteiger partial charge on any atom is 0.271 e. The highest BCUT2D eigenvalue weighted by atomic mass is 32.2. The fourth-order valence-corrected chi connectivity index (χ4v) is 5.34. The smallest absolute Gasteiger partial charge is 0.271 e. The van der Waals surface area contributed by atoms with Crippen LogP contribution in [-0.4, -0.2) is 56.3 Å². The van der Waals surface area contributed by atoms with Crippen LogP contribution in [0.3, 0.4) is 0 Å². The lowest BCUT2D eigenvalue weighted by Crippen LogP contribution is -2.51. The number of nitrogens with zero attached hydrogens (tertiary/aromatic N) is 3. The number of carbonyl (C=O) groups is 2. The van der Waals surface area contributed by atoms with Crippen molar-refractivity contribution in [1.29, 1.82) is 0 Å². The number of nitro benzene ring substituents is 1. The van der Waals surface area contributed by atoms with Crippen LogP contribution in [0.25, 0.3) is 0 Å². The molecule has 1 unspecified atom stereocenters. The van der Waals surface area contributed by atoms with E-state index < -0.39 is 39.3 Å². The first-order valence-corrected chi connectivity index (χ1v) is 14.0. The molecule has 0 aromatic heterocycles. The number of hydrogen-bond acceptors (Lipinski definition) is 7. The van der Waals surface area contributed by atoms with Gasteiger partial charge in [0.15, 0.2) is 0 Å². The molecule has 12 heteroatoms. The summed E-state index contributed by atoms with van der Waals surface area (Å²) in [6.07, 6.45) is 0.695. The van der Waals surface area contributed by atoms with Gasteiger partial charge < -0.3 is 15.0 Å². The third kappa shape index (κ3) is 7.35. The SMILES string of the molecule is CCCNC(=O)C(C)N(Cc1ccc(OC)cc1)C(=O)CN(c1cccc([N+](=O)[O-])c1)S(=O)(=O)c1ccccc1. The van der Waals surface area contributed by atoms with Crippen molar-refractivity contribution in [2.24, 2.45) is 0 Å². The maximum atomic E-state index is 13.9. The van der Waals surface area contributed by atoms with Gasteiger partial charge in [-0.05, 0) is 49.2 Å². The van der Waals surface area contributed by atoms with Crippen molar-refractivity contribution in [1.82, 2.24) is 10.2 Å². The van der Waals surface area contributed by atoms with Crippen molar-refractivity contribution in [3.05, 3.63) is 94.5 Å². The lowest BCUT2D eigenvalue weighted by atomic mass is 10.1. The van der Waals surface area contributed by atoms with E-state index in [1.807, 2.05) is 6.92 Å². The van der Waals surface area contributed by atoms with Crippen molar-refractivity contribution in [2.75, 3.05) is 24.5 Å². The summed E-state index contributed by atoms with van der Waals surface area (Å²) in [5.74, 6) is -0.446. The number of nitrogens with one attached hydrogen (secondary N) is 1. The van der Waals surface area contributed by atoms with Crippen LogP contribution in [-0.2, 0) is 26.2 Å². The molecule has 1 atom stereocenters. The van der Waals surface area contributed by atoms with E-state index in [0.29, 0.717) is 24.3 Å². The molecular formula is C28H32N4O7S. The van der Waals surface area contributed by atoms with Crippen LogP contribution >= 0.6 is 0 Å². The first-order valence-electron chi connectivity index (χ1n) is 12.6. The van der Waals surface area contributed by atoms with Crippen molar-refractivity contribution in [3.63, 3.8) is 0 Å². The summed E-state index contributed by atoms with van der Waals surface area (Å²) >= 11 is 0. The number of amides is 2. The van der Waals surface area contributed by atoms with Crippen molar-refractivity contribution < 1.29 is 27.7 Å². The minimum absolute atomic E-state index is 0.0116. The third-order valence-electron chi connectivity index (χ3n) is 6.17. The van der Waals surface area contributed by atoms with Crippen LogP contribution < -0.4 is 14.4 Å². The van der Waals surface area contributed by atoms with Crippen molar-refractivity contribution in [2.45, 2.75) is 37.8 Å². The highest BCUT2D eigenvalue weighted by Crippen LogP contribution is 2.27. The Hall–Kier alpha value is -4.45. The van der Waals surface area contributed by atoms with E-state index in [2.05, 4.69) is 5.32 Å². The Morgan fingerprint density at radius 2 is 1.70 bits per heavy atom. The molecule has 0 radical (unpaired) electrons. The van der Waals surface area contributed by atoms with E-state index in [4.69, 9.17) is 4.74 Å². The molecule has 0 aliphatic rings. The highest BCUT2D eigenvalue weighted by Gasteiger charge is 2.33. The van der Waals surface area contributed by atoms with Gasteiger partial charge in [0.1, 0.15) is 18.3 Å². The van der Waals surface area contributed by atoms with Gasteiger partial charge in [0, 0.05) is 25.2 Å². The number of benzene rings is 3. The van der Waals surface area contributed by atoms with Gasteiger partial charge in [-0.1, -0.05) is 43.3 Å². The Kier molecular flexibility index (Phi) is 10.2. The van der Waals surface area contributed by atoms with Crippen LogP contribution in [0.1, 0.15) is 25.8 Å². The standard InChI is InChI=1S/C28H32N4O7S/c1-4-17-29-28(34)21(2)30(19-22-13-15-25(39-3)16-14-22)27(33)20-31(23-9-8-10-24(18-23)32(35)36)40(37,38)26-11-6-5-7-12-26/h5-16,18,21H,4,17,19-20H2,1-3H3,(H,29,34). The van der Waals surface area contributed by atoms with Gasteiger partial charge in [-0.15, -0.1) is 0 Å². The average molecular weight is 569 g/mol. The number of sulfonamides is 1. The molecule has 0 spiro atoms. The molecule has 11 nitrogen and oxygen atoms in total. The molecular weight excluding hydrogens is 536 g/mol. The molecule has 0 bridgehead atoms. The van der Waals surface area contributed by atoms with E-state index in [-0.39, 0.29) is 22.8 Å². The first-order chi connectivity index (χ1) is 19.1. The number of hydrogen-bond donors (Lipinski definition) is 1. The Morgan fingerprint density at radius 1 is 1.02 bits per heavy atom. The molecule has 3 aromatic rings. The molecule has 0 aliphatic carbocycles. The van der Waals surface area contributed by atoms with E-state index >= 15 is 0 Å². The number of nitro groups is 1. The summed E-state index contributed by atoms with van der Waals surface area (Å²) in [7, 11) is -2.79. The lowest BCUT2D eigenvalue weighted by molar-refractivity contribution is -0.384. The van der Waals surface area contributed by atoms with Crippen molar-refractivity contribution in [3.8, 4) is 5.75 Å². The lowest BCUT2D eigenvalue weighted by Gasteiger charge is -2.32. The van der Waals surface area contributed by atoms with Gasteiger partial charge in [-0.25, -0.2) is 8.42 Å². The van der Waals surface area contributed by atoms with Crippen LogP contribution in [0.5, 0.6) is 5.75 Å². The third-order valence-corrected chi connectivity index (χ3v) is 7.96. The fourth-order valence-electron chi connectivity index (χ4n) is 3.92. The van der Waals surface area contributed by atoms with Gasteiger partial charge in [-0.2, -0.15) is 0 Å². The predicted molar refractivity (Wildman–Crippen MR) is 150 cm³/mol. The minimum atomic E-state index is -4.32. The zero-order valence-corrected chi connectivity index (χ0v) is 23.3. The summed E-state index contributed by atoms with van der Waals surface area (Å²) in [4.78, 5) is 38.7. The Morgan fingerprint density at radius 3 is 2.30 bits per heavy atom. The molecule has 3 aromatic carbocycles. The molecule has 0 heterocycles. The molecule has 0 aliphatic heterocycles. The maximum absolute atomic E-state index is 13.9. The summed E-state index contributed by atoms with van der Waals surface area (Å²) in [6, 6.07) is 18.5. The average Bonchev–Trinajstić information content (AvgIpc) is 2.97. The minimum Gasteiger partial charge on any atom is -0.497 e. The van der Waals surface area contributed by atoms with Gasteiger partial charge in [0.2, 0.25) is 11.8 Å². The summed E-state index contributed by atoms with van der Waals surface area (Å²) in [5, 5.41) is 14.2. The first kappa shape index (κ1) is 30.1. The van der Waals surface area contributed by atoms with Crippen LogP contribution in [0.15, 0.2) is 83.8 Å². The summed E-state index contributed by atoms with van der Waals surface area (Å²) in [6.45, 7) is 3.19. The zero-order valence-electron chi connectivity index (χ0n) is 22.5. The number of ether oxygens (including phenoxy) is 1. The number of carbonyl (C=O) groups excluding carboxylic acids is 2.